The van der Waals surface area contributed by atoms with Gasteiger partial charge in [-0.2, -0.15) is 0 Å². The predicted octanol–water partition coefficient (Wildman–Crippen LogP) is 7.54. The average Bonchev–Trinajstić information content (AvgIpc) is 3.77. The highest BCUT2D eigenvalue weighted by Gasteiger charge is 2.41. The molecular weight excluding hydrogens is 668 g/mol. The number of ether oxygens (including phenoxy) is 9. The molecule has 0 radical (unpaired) electrons. The van der Waals surface area contributed by atoms with Crippen LogP contribution in [0.2, 0.25) is 0 Å². The fourth-order valence-corrected chi connectivity index (χ4v) is 6.84. The summed E-state index contributed by atoms with van der Waals surface area (Å²) in [4.78, 5) is 0. The number of aliphatic hydroxyl groups is 2. The molecule has 2 aliphatic heterocycles. The Morgan fingerprint density at radius 1 is 0.538 bits per heavy atom. The van der Waals surface area contributed by atoms with Crippen molar-refractivity contribution in [2.45, 2.75) is 64.3 Å². The lowest BCUT2D eigenvalue weighted by atomic mass is 9.85. The highest BCUT2D eigenvalue weighted by Crippen LogP contribution is 2.51. The highest BCUT2D eigenvalue weighted by molar-refractivity contribution is 5.48. The summed E-state index contributed by atoms with van der Waals surface area (Å²) in [5.74, 6) is 4.80. The summed E-state index contributed by atoms with van der Waals surface area (Å²) in [5.41, 5.74) is 3.22. The van der Waals surface area contributed by atoms with Crippen molar-refractivity contribution in [1.82, 2.24) is 0 Å². The van der Waals surface area contributed by atoms with Crippen molar-refractivity contribution < 1.29 is 52.8 Å². The number of aliphatic hydroxyl groups excluding tert-OH is 2. The molecule has 11 heteroatoms. The Kier molecular flexibility index (Phi) is 11.2. The van der Waals surface area contributed by atoms with Crippen molar-refractivity contribution in [3.05, 3.63) is 95.1 Å². The van der Waals surface area contributed by atoms with Crippen LogP contribution >= 0.6 is 0 Å². The number of hydrogen-bond donors (Lipinski definition) is 2. The topological polar surface area (TPSA) is 124 Å². The van der Waals surface area contributed by atoms with Gasteiger partial charge < -0.3 is 52.8 Å². The molecule has 0 amide bonds. The van der Waals surface area contributed by atoms with E-state index >= 15 is 0 Å². The summed E-state index contributed by atoms with van der Waals surface area (Å²) in [6.07, 6.45) is -3.43. The van der Waals surface area contributed by atoms with E-state index in [-0.39, 0.29) is 30.8 Å². The largest absolute Gasteiger partial charge is 0.493 e. The van der Waals surface area contributed by atoms with E-state index in [0.29, 0.717) is 57.1 Å². The van der Waals surface area contributed by atoms with E-state index in [4.69, 9.17) is 42.6 Å². The molecule has 52 heavy (non-hydrogen) atoms. The van der Waals surface area contributed by atoms with Crippen molar-refractivity contribution in [2.24, 2.45) is 11.8 Å². The van der Waals surface area contributed by atoms with Gasteiger partial charge in [0.1, 0.15) is 24.4 Å². The monoisotopic (exact) mass is 716 g/mol. The van der Waals surface area contributed by atoms with Gasteiger partial charge in [-0.25, -0.2) is 0 Å². The fraction of sp³-hybridized carbons (Fsp3) is 0.415. The third-order valence-electron chi connectivity index (χ3n) is 10.1. The first-order valence-corrected chi connectivity index (χ1v) is 17.4. The minimum Gasteiger partial charge on any atom is -0.493 e. The Hall–Kier alpha value is -4.84. The Morgan fingerprint density at radius 3 is 1.50 bits per heavy atom. The van der Waals surface area contributed by atoms with Crippen LogP contribution in [0.4, 0.5) is 0 Å². The van der Waals surface area contributed by atoms with E-state index in [1.54, 1.807) is 71.8 Å². The van der Waals surface area contributed by atoms with E-state index in [0.717, 1.165) is 11.1 Å². The molecule has 4 aromatic rings. The molecule has 6 rings (SSSR count). The molecule has 2 N–H and O–H groups in total. The minimum atomic E-state index is -0.930. The van der Waals surface area contributed by atoms with Crippen LogP contribution in [-0.2, 0) is 4.74 Å². The Bertz CT molecular complexity index is 1840. The Balaban J connectivity index is 1.14. The zero-order chi connectivity index (χ0) is 37.1. The fourth-order valence-electron chi connectivity index (χ4n) is 6.84. The summed E-state index contributed by atoms with van der Waals surface area (Å²) in [5, 5.41) is 22.2. The number of rotatable bonds is 14. The van der Waals surface area contributed by atoms with Gasteiger partial charge in [0.05, 0.1) is 40.6 Å². The van der Waals surface area contributed by atoms with Gasteiger partial charge in [0.25, 0.3) is 0 Å². The van der Waals surface area contributed by atoms with Gasteiger partial charge >= 0.3 is 0 Å². The quantitative estimate of drug-likeness (QED) is 0.135. The second-order valence-corrected chi connectivity index (χ2v) is 13.3. The third kappa shape index (κ3) is 7.39. The lowest BCUT2D eigenvalue weighted by Crippen LogP contribution is -2.22. The van der Waals surface area contributed by atoms with E-state index in [2.05, 4.69) is 13.8 Å². The third-order valence-corrected chi connectivity index (χ3v) is 10.1. The molecule has 0 aromatic heterocycles. The zero-order valence-corrected chi connectivity index (χ0v) is 30.8. The number of benzene rings is 4. The van der Waals surface area contributed by atoms with Gasteiger partial charge in [0.2, 0.25) is 6.79 Å². The lowest BCUT2D eigenvalue weighted by Gasteiger charge is -2.24. The van der Waals surface area contributed by atoms with Crippen LogP contribution in [0, 0.1) is 11.8 Å². The second-order valence-electron chi connectivity index (χ2n) is 13.3. The van der Waals surface area contributed by atoms with Gasteiger partial charge in [-0.1, -0.05) is 38.1 Å². The van der Waals surface area contributed by atoms with Crippen LogP contribution in [0.5, 0.6) is 46.0 Å². The Morgan fingerprint density at radius 2 is 0.981 bits per heavy atom. The van der Waals surface area contributed by atoms with E-state index < -0.39 is 24.4 Å². The predicted molar refractivity (Wildman–Crippen MR) is 193 cm³/mol. The highest BCUT2D eigenvalue weighted by atomic mass is 16.7. The summed E-state index contributed by atoms with van der Waals surface area (Å²) < 4.78 is 52.3. The summed E-state index contributed by atoms with van der Waals surface area (Å²) in [6.45, 7) is 8.14. The summed E-state index contributed by atoms with van der Waals surface area (Å²) >= 11 is 0. The number of fused-ring (bicyclic) bond motifs is 1. The minimum absolute atomic E-state index is 0.164. The maximum absolute atomic E-state index is 11.1. The SMILES string of the molecule is COc1ccc([C@@H](O)[C@H](C)Oc2ccc([C@@H]3O[C@@H](c4ccc(O[C@@H](C)[C@@H](O)c5ccc6c(c5)OCO6)c(OC)c4)[C@@H](C)[C@@H]3C)cc2OC)cc1OC. The molecule has 8 atom stereocenters. The number of methoxy groups -OCH3 is 4. The molecule has 11 nitrogen and oxygen atoms in total. The maximum Gasteiger partial charge on any atom is 0.231 e. The Labute approximate surface area is 304 Å². The molecule has 1 fully saturated rings. The van der Waals surface area contributed by atoms with E-state index in [9.17, 15) is 10.2 Å². The van der Waals surface area contributed by atoms with Gasteiger partial charge in [-0.15, -0.1) is 0 Å². The van der Waals surface area contributed by atoms with Crippen molar-refractivity contribution in [3.8, 4) is 46.0 Å². The zero-order valence-electron chi connectivity index (χ0n) is 30.8. The summed E-state index contributed by atoms with van der Waals surface area (Å²) in [7, 11) is 6.31. The molecule has 0 unspecified atom stereocenters. The number of hydrogen-bond acceptors (Lipinski definition) is 11. The van der Waals surface area contributed by atoms with Crippen molar-refractivity contribution >= 4 is 0 Å². The van der Waals surface area contributed by atoms with Crippen molar-refractivity contribution in [3.63, 3.8) is 0 Å². The molecule has 0 saturated carbocycles. The van der Waals surface area contributed by atoms with Gasteiger partial charge in [-0.3, -0.25) is 0 Å². The van der Waals surface area contributed by atoms with Crippen LogP contribution in [0.25, 0.3) is 0 Å². The first kappa shape index (κ1) is 36.9. The molecule has 2 heterocycles. The molecule has 0 spiro atoms. The van der Waals surface area contributed by atoms with Crippen LogP contribution in [0.3, 0.4) is 0 Å². The van der Waals surface area contributed by atoms with Crippen molar-refractivity contribution in [2.75, 3.05) is 35.2 Å². The molecule has 4 aromatic carbocycles. The molecule has 0 aliphatic carbocycles. The normalized spacial score (nSPS) is 21.5. The summed E-state index contributed by atoms with van der Waals surface area (Å²) in [6, 6.07) is 22.2. The molecule has 1 saturated heterocycles. The molecular formula is C41H48O11. The van der Waals surface area contributed by atoms with Gasteiger partial charge in [-0.05, 0) is 96.5 Å². The van der Waals surface area contributed by atoms with Crippen LogP contribution in [0.1, 0.15) is 74.4 Å². The maximum atomic E-state index is 11.1. The van der Waals surface area contributed by atoms with E-state index in [1.807, 2.05) is 43.3 Å². The van der Waals surface area contributed by atoms with Gasteiger partial charge in [0, 0.05) is 0 Å². The van der Waals surface area contributed by atoms with Crippen molar-refractivity contribution in [1.29, 1.82) is 0 Å². The van der Waals surface area contributed by atoms with Crippen LogP contribution < -0.4 is 37.9 Å². The molecule has 278 valence electrons. The van der Waals surface area contributed by atoms with Crippen LogP contribution in [-0.4, -0.2) is 57.7 Å². The van der Waals surface area contributed by atoms with Crippen LogP contribution in [0.15, 0.2) is 72.8 Å². The average molecular weight is 717 g/mol. The lowest BCUT2D eigenvalue weighted by molar-refractivity contribution is 0.0281. The smallest absolute Gasteiger partial charge is 0.231 e. The first-order valence-electron chi connectivity index (χ1n) is 17.4. The first-order chi connectivity index (χ1) is 25.1. The second kappa shape index (κ2) is 15.8. The molecule has 2 aliphatic rings. The van der Waals surface area contributed by atoms with E-state index in [1.165, 1.54) is 0 Å². The standard InChI is InChI=1S/C41H48O11/c1-22-23(2)41(29-12-16-33(36(20-29)47-8)51-25(4)39(43)27-10-14-31-37(18-27)49-21-48-31)52-40(22)28-11-15-32(35(19-28)46-7)50-24(3)38(42)26-9-13-30(44-5)34(17-26)45-6/h9-20,22-25,38-43H,21H2,1-8H3/t22-,23-,24-,25-,38-,39+,40+,41+/m0/s1. The van der Waals surface area contributed by atoms with Gasteiger partial charge in [0.15, 0.2) is 46.0 Å². The molecule has 0 bridgehead atoms.